The number of azo groups is 1. The Kier molecular flexibility index (Phi) is 7.04. The molecule has 0 heterocycles. The molecule has 0 aliphatic carbocycles. The maximum absolute atomic E-state index is 11.6. The highest BCUT2D eigenvalue weighted by Gasteiger charge is 2.16. The van der Waals surface area contributed by atoms with Crippen LogP contribution in [0.1, 0.15) is 17.3 Å². The fraction of sp³-hybridized carbons (Fsp3) is 0.286. The van der Waals surface area contributed by atoms with E-state index in [1.54, 1.807) is 6.92 Å². The van der Waals surface area contributed by atoms with Crippen LogP contribution in [0.15, 0.2) is 46.0 Å². The van der Waals surface area contributed by atoms with E-state index in [4.69, 9.17) is 16.3 Å². The van der Waals surface area contributed by atoms with Crippen LogP contribution in [0.5, 0.6) is 0 Å². The number of halogens is 1. The van der Waals surface area contributed by atoms with Gasteiger partial charge < -0.3 is 14.6 Å². The molecule has 0 spiro atoms. The van der Waals surface area contributed by atoms with Gasteiger partial charge >= 0.3 is 11.9 Å². The number of rotatable bonds is 6. The second kappa shape index (κ2) is 8.78. The van der Waals surface area contributed by atoms with Crippen LogP contribution in [-0.2, 0) is 14.3 Å². The van der Waals surface area contributed by atoms with Crippen LogP contribution in [0.4, 0.5) is 5.69 Å². The van der Waals surface area contributed by atoms with Crippen molar-refractivity contribution in [2.75, 3.05) is 19.6 Å². The van der Waals surface area contributed by atoms with Gasteiger partial charge in [0.2, 0.25) is 5.70 Å². The molecule has 1 aromatic carbocycles. The normalized spacial score (nSPS) is 12.0. The van der Waals surface area contributed by atoms with Crippen molar-refractivity contribution in [1.29, 1.82) is 0 Å². The topological polar surface area (TPSA) is 97.6 Å². The standard InChI is InChI=1S/C14H15ClN2O5/c1-3-22-14(20)12(11(18)8-15)17-16-10-6-4-9(5-7-10)13(19)21-2/h4-7,18H,3,8H2,1-2H3/b12-11-,17-16?. The molecule has 0 bridgehead atoms. The molecule has 1 aromatic rings. The molecular weight excluding hydrogens is 312 g/mol. The molecule has 0 fully saturated rings. The van der Waals surface area contributed by atoms with Crippen molar-refractivity contribution in [2.24, 2.45) is 10.2 Å². The Balaban J connectivity index is 2.96. The second-order valence-electron chi connectivity index (χ2n) is 3.89. The average molecular weight is 327 g/mol. The summed E-state index contributed by atoms with van der Waals surface area (Å²) in [6.07, 6.45) is 0. The van der Waals surface area contributed by atoms with Crippen LogP contribution in [0.3, 0.4) is 0 Å². The lowest BCUT2D eigenvalue weighted by molar-refractivity contribution is -0.138. The zero-order valence-corrected chi connectivity index (χ0v) is 12.8. The van der Waals surface area contributed by atoms with Gasteiger partial charge in [0.25, 0.3) is 0 Å². The summed E-state index contributed by atoms with van der Waals surface area (Å²) in [6.45, 7) is 1.75. The number of methoxy groups -OCH3 is 1. The molecular formula is C14H15ClN2O5. The van der Waals surface area contributed by atoms with E-state index >= 15 is 0 Å². The van der Waals surface area contributed by atoms with Gasteiger partial charge in [-0.2, -0.15) is 5.11 Å². The van der Waals surface area contributed by atoms with Crippen LogP contribution in [0.25, 0.3) is 0 Å². The number of alkyl halides is 1. The van der Waals surface area contributed by atoms with E-state index < -0.39 is 17.7 Å². The summed E-state index contributed by atoms with van der Waals surface area (Å²) in [7, 11) is 1.28. The van der Waals surface area contributed by atoms with Gasteiger partial charge in [-0.25, -0.2) is 9.59 Å². The first-order valence-electron chi connectivity index (χ1n) is 6.28. The number of benzene rings is 1. The molecule has 22 heavy (non-hydrogen) atoms. The van der Waals surface area contributed by atoms with Gasteiger partial charge in [-0.1, -0.05) is 0 Å². The molecule has 0 aromatic heterocycles. The SMILES string of the molecule is CCOC(=O)/C(N=Nc1ccc(C(=O)OC)cc1)=C(/O)CCl. The lowest BCUT2D eigenvalue weighted by Crippen LogP contribution is -2.09. The van der Waals surface area contributed by atoms with Crippen molar-refractivity contribution in [2.45, 2.75) is 6.92 Å². The molecule has 0 aliphatic heterocycles. The summed E-state index contributed by atoms with van der Waals surface area (Å²) in [5.41, 5.74) is 0.358. The van der Waals surface area contributed by atoms with Gasteiger partial charge in [0.15, 0.2) is 0 Å². The summed E-state index contributed by atoms with van der Waals surface area (Å²) in [5, 5.41) is 17.0. The zero-order chi connectivity index (χ0) is 16.5. The van der Waals surface area contributed by atoms with E-state index in [-0.39, 0.29) is 18.2 Å². The Morgan fingerprint density at radius 3 is 2.41 bits per heavy atom. The minimum absolute atomic E-state index is 0.126. The van der Waals surface area contributed by atoms with Crippen LogP contribution in [0.2, 0.25) is 0 Å². The maximum Gasteiger partial charge on any atom is 0.362 e. The third-order valence-electron chi connectivity index (χ3n) is 2.42. The highest BCUT2D eigenvalue weighted by Crippen LogP contribution is 2.17. The number of aliphatic hydroxyl groups excluding tert-OH is 1. The number of ether oxygens (including phenoxy) is 2. The van der Waals surface area contributed by atoms with E-state index in [9.17, 15) is 14.7 Å². The number of nitrogens with zero attached hydrogens (tertiary/aromatic N) is 2. The fourth-order valence-corrected chi connectivity index (χ4v) is 1.50. The fourth-order valence-electron chi connectivity index (χ4n) is 1.37. The van der Waals surface area contributed by atoms with Crippen LogP contribution in [-0.4, -0.2) is 36.6 Å². The Morgan fingerprint density at radius 1 is 1.27 bits per heavy atom. The van der Waals surface area contributed by atoms with Crippen molar-refractivity contribution in [3.63, 3.8) is 0 Å². The molecule has 0 unspecified atom stereocenters. The maximum atomic E-state index is 11.6. The molecule has 0 saturated carbocycles. The van der Waals surface area contributed by atoms with Gasteiger partial charge in [-0.15, -0.1) is 16.7 Å². The largest absolute Gasteiger partial charge is 0.508 e. The first-order chi connectivity index (χ1) is 10.5. The van der Waals surface area contributed by atoms with Gasteiger partial charge in [0.05, 0.1) is 30.8 Å². The van der Waals surface area contributed by atoms with Crippen molar-refractivity contribution in [3.8, 4) is 0 Å². The first kappa shape index (κ1) is 17.6. The highest BCUT2D eigenvalue weighted by molar-refractivity contribution is 6.19. The lowest BCUT2D eigenvalue weighted by Gasteiger charge is -2.03. The summed E-state index contributed by atoms with van der Waals surface area (Å²) < 4.78 is 9.32. The number of carbonyl (C=O) groups is 2. The van der Waals surface area contributed by atoms with Crippen LogP contribution >= 0.6 is 11.6 Å². The Morgan fingerprint density at radius 2 is 1.91 bits per heavy atom. The van der Waals surface area contributed by atoms with Gasteiger partial charge in [0.1, 0.15) is 5.76 Å². The Labute approximate surface area is 132 Å². The molecule has 1 rings (SSSR count). The van der Waals surface area contributed by atoms with E-state index in [1.165, 1.54) is 31.4 Å². The third-order valence-corrected chi connectivity index (χ3v) is 2.68. The van der Waals surface area contributed by atoms with Crippen LogP contribution < -0.4 is 0 Å². The number of allylic oxidation sites excluding steroid dienone is 1. The van der Waals surface area contributed by atoms with E-state index in [2.05, 4.69) is 15.0 Å². The minimum Gasteiger partial charge on any atom is -0.508 e. The van der Waals surface area contributed by atoms with Gasteiger partial charge in [-0.3, -0.25) is 0 Å². The molecule has 0 amide bonds. The van der Waals surface area contributed by atoms with Crippen molar-refractivity contribution in [3.05, 3.63) is 41.3 Å². The zero-order valence-electron chi connectivity index (χ0n) is 12.1. The molecule has 0 saturated heterocycles. The Bertz CT molecular complexity index is 596. The number of carbonyl (C=O) groups excluding carboxylic acids is 2. The number of aliphatic hydroxyl groups is 1. The quantitative estimate of drug-likeness (QED) is 0.285. The first-order valence-corrected chi connectivity index (χ1v) is 6.82. The molecule has 0 radical (unpaired) electrons. The van der Waals surface area contributed by atoms with Gasteiger partial charge in [0, 0.05) is 0 Å². The van der Waals surface area contributed by atoms with E-state index in [0.717, 1.165) is 0 Å². The molecule has 8 heteroatoms. The average Bonchev–Trinajstić information content (AvgIpc) is 2.54. The van der Waals surface area contributed by atoms with Crippen molar-refractivity contribution >= 4 is 29.2 Å². The molecule has 1 N–H and O–H groups in total. The molecule has 0 aliphatic rings. The molecule has 0 atom stereocenters. The summed E-state index contributed by atoms with van der Waals surface area (Å²) in [6, 6.07) is 6.01. The summed E-state index contributed by atoms with van der Waals surface area (Å²) in [4.78, 5) is 22.9. The van der Waals surface area contributed by atoms with Crippen LogP contribution in [0, 0.1) is 0 Å². The number of esters is 2. The smallest absolute Gasteiger partial charge is 0.362 e. The van der Waals surface area contributed by atoms with Crippen molar-refractivity contribution in [1.82, 2.24) is 0 Å². The number of hydrogen-bond donors (Lipinski definition) is 1. The minimum atomic E-state index is -0.824. The second-order valence-corrected chi connectivity index (χ2v) is 4.16. The Hall–Kier alpha value is -2.41. The van der Waals surface area contributed by atoms with E-state index in [0.29, 0.717) is 11.3 Å². The molecule has 7 nitrogen and oxygen atoms in total. The number of hydrogen-bond acceptors (Lipinski definition) is 7. The van der Waals surface area contributed by atoms with Gasteiger partial charge in [-0.05, 0) is 31.2 Å². The monoisotopic (exact) mass is 326 g/mol. The summed E-state index contributed by atoms with van der Waals surface area (Å²) in [5.74, 6) is -2.03. The molecule has 118 valence electrons. The van der Waals surface area contributed by atoms with E-state index in [1.807, 2.05) is 0 Å². The lowest BCUT2D eigenvalue weighted by atomic mass is 10.2. The van der Waals surface area contributed by atoms with Crippen molar-refractivity contribution < 1.29 is 24.2 Å². The predicted molar refractivity (Wildman–Crippen MR) is 79.3 cm³/mol. The third kappa shape index (κ3) is 4.85. The predicted octanol–water partition coefficient (Wildman–Crippen LogP) is 3.13. The summed E-state index contributed by atoms with van der Waals surface area (Å²) >= 11 is 5.48. The highest BCUT2D eigenvalue weighted by atomic mass is 35.5.